The minimum absolute atomic E-state index is 0.213. The zero-order valence-corrected chi connectivity index (χ0v) is 10.6. The van der Waals surface area contributed by atoms with Crippen LogP contribution in [0.4, 0.5) is 0 Å². The van der Waals surface area contributed by atoms with Crippen molar-refractivity contribution < 1.29 is 9.90 Å². The van der Waals surface area contributed by atoms with Crippen LogP contribution in [0.1, 0.15) is 23.2 Å². The summed E-state index contributed by atoms with van der Waals surface area (Å²) in [5.74, 6) is -0.961. The molecule has 1 saturated heterocycles. The van der Waals surface area contributed by atoms with Crippen molar-refractivity contribution in [3.63, 3.8) is 0 Å². The lowest BCUT2D eigenvalue weighted by atomic mass is 10.2. The molecular formula is C13H16N4O2. The fraction of sp³-hybridized carbons (Fsp3) is 0.462. The molecule has 1 aromatic heterocycles. The number of aromatic carboxylic acids is 1. The number of hydrogen-bond donors (Lipinski definition) is 1. The van der Waals surface area contributed by atoms with E-state index in [0.29, 0.717) is 5.52 Å². The van der Waals surface area contributed by atoms with Crippen molar-refractivity contribution in [3.8, 4) is 0 Å². The van der Waals surface area contributed by atoms with Crippen LogP contribution in [0, 0.1) is 0 Å². The van der Waals surface area contributed by atoms with E-state index in [9.17, 15) is 4.79 Å². The Kier molecular flexibility index (Phi) is 3.16. The van der Waals surface area contributed by atoms with Gasteiger partial charge in [0.15, 0.2) is 0 Å². The summed E-state index contributed by atoms with van der Waals surface area (Å²) in [5.41, 5.74) is 1.47. The van der Waals surface area contributed by atoms with E-state index in [1.165, 1.54) is 12.8 Å². The summed E-state index contributed by atoms with van der Waals surface area (Å²) in [4.78, 5) is 13.5. The molecule has 100 valence electrons. The van der Waals surface area contributed by atoms with Crippen LogP contribution < -0.4 is 0 Å². The second-order valence-electron chi connectivity index (χ2n) is 4.84. The molecule has 1 aromatic carbocycles. The molecule has 0 bridgehead atoms. The molecule has 0 atom stereocenters. The van der Waals surface area contributed by atoms with Gasteiger partial charge in [0.25, 0.3) is 0 Å². The lowest BCUT2D eigenvalue weighted by Crippen LogP contribution is -2.24. The highest BCUT2D eigenvalue weighted by molar-refractivity contribution is 6.00. The van der Waals surface area contributed by atoms with E-state index >= 15 is 0 Å². The van der Waals surface area contributed by atoms with E-state index in [0.717, 1.165) is 31.7 Å². The molecule has 0 amide bonds. The maximum Gasteiger partial charge on any atom is 0.338 e. The molecule has 0 unspecified atom stereocenters. The van der Waals surface area contributed by atoms with E-state index in [-0.39, 0.29) is 5.56 Å². The van der Waals surface area contributed by atoms with Gasteiger partial charge in [0, 0.05) is 6.54 Å². The molecule has 6 heteroatoms. The summed E-state index contributed by atoms with van der Waals surface area (Å²) in [6.45, 7) is 3.98. The quantitative estimate of drug-likeness (QED) is 0.895. The normalized spacial score (nSPS) is 16.2. The molecule has 0 spiro atoms. The Balaban J connectivity index is 1.84. The zero-order valence-electron chi connectivity index (χ0n) is 10.6. The summed E-state index contributed by atoms with van der Waals surface area (Å²) in [5, 5.41) is 17.2. The third-order valence-electron chi connectivity index (χ3n) is 3.60. The van der Waals surface area contributed by atoms with Crippen LogP contribution in [0.3, 0.4) is 0 Å². The van der Waals surface area contributed by atoms with Crippen molar-refractivity contribution in [2.45, 2.75) is 19.4 Å². The van der Waals surface area contributed by atoms with Gasteiger partial charge in [-0.15, -0.1) is 5.10 Å². The molecule has 19 heavy (non-hydrogen) atoms. The highest BCUT2D eigenvalue weighted by atomic mass is 16.4. The van der Waals surface area contributed by atoms with Gasteiger partial charge in [-0.1, -0.05) is 11.3 Å². The Morgan fingerprint density at radius 1 is 1.26 bits per heavy atom. The molecule has 3 rings (SSSR count). The van der Waals surface area contributed by atoms with Crippen molar-refractivity contribution in [1.29, 1.82) is 0 Å². The van der Waals surface area contributed by atoms with Crippen LogP contribution >= 0.6 is 0 Å². The molecule has 1 N–H and O–H groups in total. The standard InChI is InChI=1S/C13H16N4O2/c18-13(19)10-4-3-5-11-12(10)14-15-17(11)9-8-16-6-1-2-7-16/h3-5H,1-2,6-9H2,(H,18,19). The summed E-state index contributed by atoms with van der Waals surface area (Å²) >= 11 is 0. The Morgan fingerprint density at radius 3 is 2.79 bits per heavy atom. The summed E-state index contributed by atoms with van der Waals surface area (Å²) in [7, 11) is 0. The predicted molar refractivity (Wildman–Crippen MR) is 70.2 cm³/mol. The predicted octanol–water partition coefficient (Wildman–Crippen LogP) is 1.23. The molecule has 2 heterocycles. The summed E-state index contributed by atoms with van der Waals surface area (Å²) in [6, 6.07) is 5.16. The van der Waals surface area contributed by atoms with Gasteiger partial charge >= 0.3 is 5.97 Å². The van der Waals surface area contributed by atoms with Crippen LogP contribution in [0.15, 0.2) is 18.2 Å². The number of carbonyl (C=O) groups is 1. The topological polar surface area (TPSA) is 71.2 Å². The molecule has 1 aliphatic rings. The molecule has 2 aromatic rings. The Bertz CT molecular complexity index is 602. The van der Waals surface area contributed by atoms with E-state index in [2.05, 4.69) is 15.2 Å². The van der Waals surface area contributed by atoms with Crippen molar-refractivity contribution in [3.05, 3.63) is 23.8 Å². The minimum Gasteiger partial charge on any atom is -0.478 e. The number of hydrogen-bond acceptors (Lipinski definition) is 4. The fourth-order valence-corrected chi connectivity index (χ4v) is 2.57. The number of fused-ring (bicyclic) bond motifs is 1. The lowest BCUT2D eigenvalue weighted by molar-refractivity contribution is 0.0699. The van der Waals surface area contributed by atoms with Crippen molar-refractivity contribution >= 4 is 17.0 Å². The van der Waals surface area contributed by atoms with E-state index in [1.54, 1.807) is 16.8 Å². The van der Waals surface area contributed by atoms with Crippen LogP contribution in [0.2, 0.25) is 0 Å². The Hall–Kier alpha value is -1.95. The average molecular weight is 260 g/mol. The first-order valence-corrected chi connectivity index (χ1v) is 6.53. The smallest absolute Gasteiger partial charge is 0.338 e. The summed E-state index contributed by atoms with van der Waals surface area (Å²) in [6.07, 6.45) is 2.53. The number of carboxylic acid groups (broad SMARTS) is 1. The summed E-state index contributed by atoms with van der Waals surface area (Å²) < 4.78 is 1.79. The molecule has 0 aliphatic carbocycles. The van der Waals surface area contributed by atoms with Crippen molar-refractivity contribution in [2.24, 2.45) is 0 Å². The maximum atomic E-state index is 11.1. The van der Waals surface area contributed by atoms with Gasteiger partial charge < -0.3 is 10.0 Å². The highest BCUT2D eigenvalue weighted by Gasteiger charge is 2.15. The number of rotatable bonds is 4. The van der Waals surface area contributed by atoms with Gasteiger partial charge in [-0.25, -0.2) is 9.48 Å². The zero-order chi connectivity index (χ0) is 13.2. The largest absolute Gasteiger partial charge is 0.478 e. The van der Waals surface area contributed by atoms with Gasteiger partial charge in [0.1, 0.15) is 5.52 Å². The van der Waals surface area contributed by atoms with Gasteiger partial charge in [-0.3, -0.25) is 0 Å². The first kappa shape index (κ1) is 12.1. The van der Waals surface area contributed by atoms with E-state index < -0.39 is 5.97 Å². The van der Waals surface area contributed by atoms with Gasteiger partial charge in [-0.05, 0) is 38.1 Å². The minimum atomic E-state index is -0.961. The van der Waals surface area contributed by atoms with Gasteiger partial charge in [0.05, 0.1) is 17.6 Å². The third kappa shape index (κ3) is 2.31. The van der Waals surface area contributed by atoms with Gasteiger partial charge in [0.2, 0.25) is 0 Å². The fourth-order valence-electron chi connectivity index (χ4n) is 2.57. The highest BCUT2D eigenvalue weighted by Crippen LogP contribution is 2.16. The number of nitrogens with zero attached hydrogens (tertiary/aromatic N) is 4. The second-order valence-corrected chi connectivity index (χ2v) is 4.84. The molecule has 1 aliphatic heterocycles. The van der Waals surface area contributed by atoms with Gasteiger partial charge in [-0.2, -0.15) is 0 Å². The van der Waals surface area contributed by atoms with Crippen LogP contribution in [-0.4, -0.2) is 50.6 Å². The maximum absolute atomic E-state index is 11.1. The second kappa shape index (κ2) is 4.97. The van der Waals surface area contributed by atoms with E-state index in [1.807, 2.05) is 6.07 Å². The first-order chi connectivity index (χ1) is 9.25. The average Bonchev–Trinajstić information content (AvgIpc) is 3.05. The van der Waals surface area contributed by atoms with Crippen molar-refractivity contribution in [2.75, 3.05) is 19.6 Å². The molecule has 0 radical (unpaired) electrons. The van der Waals surface area contributed by atoms with Crippen LogP contribution in [0.5, 0.6) is 0 Å². The third-order valence-corrected chi connectivity index (χ3v) is 3.60. The number of aromatic nitrogens is 3. The monoisotopic (exact) mass is 260 g/mol. The molecular weight excluding hydrogens is 244 g/mol. The number of carboxylic acids is 1. The van der Waals surface area contributed by atoms with Crippen LogP contribution in [0.25, 0.3) is 11.0 Å². The van der Waals surface area contributed by atoms with Crippen molar-refractivity contribution in [1.82, 2.24) is 19.9 Å². The lowest BCUT2D eigenvalue weighted by Gasteiger charge is -2.14. The SMILES string of the molecule is O=C(O)c1cccc2c1nnn2CCN1CCCC1. The molecule has 0 saturated carbocycles. The molecule has 1 fully saturated rings. The van der Waals surface area contributed by atoms with Crippen LogP contribution in [-0.2, 0) is 6.54 Å². The number of likely N-dealkylation sites (tertiary alicyclic amines) is 1. The van der Waals surface area contributed by atoms with E-state index in [4.69, 9.17) is 5.11 Å². The first-order valence-electron chi connectivity index (χ1n) is 6.53. The Labute approximate surface area is 110 Å². The molecule has 6 nitrogen and oxygen atoms in total. The number of benzene rings is 1. The Morgan fingerprint density at radius 2 is 2.05 bits per heavy atom.